The van der Waals surface area contributed by atoms with Crippen molar-refractivity contribution < 1.29 is 9.53 Å². The lowest BCUT2D eigenvalue weighted by atomic mass is 9.93. The Bertz CT molecular complexity index is 634. The van der Waals surface area contributed by atoms with E-state index in [1.165, 1.54) is 0 Å². The predicted molar refractivity (Wildman–Crippen MR) is 104 cm³/mol. The molecule has 144 valence electrons. The van der Waals surface area contributed by atoms with Crippen LogP contribution in [0, 0.1) is 5.92 Å². The fraction of sp³-hybridized carbons (Fsp3) is 0.650. The first-order valence-electron chi connectivity index (χ1n) is 9.65. The molecule has 2 aliphatic heterocycles. The summed E-state index contributed by atoms with van der Waals surface area (Å²) in [7, 11) is 1.71. The number of methoxy groups -OCH3 is 1. The Hall–Kier alpha value is -1.79. The molecule has 3 rings (SSSR count). The number of rotatable bonds is 5. The van der Waals surface area contributed by atoms with Crippen molar-refractivity contribution in [1.82, 2.24) is 15.8 Å². The molecule has 2 atom stereocenters. The average Bonchev–Trinajstić information content (AvgIpc) is 3.09. The second-order valence-electron chi connectivity index (χ2n) is 7.92. The molecule has 1 amide bonds. The first-order valence-corrected chi connectivity index (χ1v) is 9.65. The molecule has 2 unspecified atom stereocenters. The topological polar surface area (TPSA) is 56.8 Å². The van der Waals surface area contributed by atoms with Crippen molar-refractivity contribution in [2.75, 3.05) is 38.2 Å². The Morgan fingerprint density at radius 1 is 1.31 bits per heavy atom. The maximum absolute atomic E-state index is 13.1. The summed E-state index contributed by atoms with van der Waals surface area (Å²) in [5, 5.41) is 0. The SMILES string of the molecule is CCCC1NNCC1C(=O)N1CCN(c2ccccc2OC)C(C)(C)C1. The maximum atomic E-state index is 13.1. The van der Waals surface area contributed by atoms with Gasteiger partial charge in [0.15, 0.2) is 0 Å². The smallest absolute Gasteiger partial charge is 0.228 e. The van der Waals surface area contributed by atoms with Crippen LogP contribution in [0.1, 0.15) is 33.6 Å². The number of amides is 1. The predicted octanol–water partition coefficient (Wildman–Crippen LogP) is 2.02. The summed E-state index contributed by atoms with van der Waals surface area (Å²) in [6.07, 6.45) is 2.10. The van der Waals surface area contributed by atoms with Crippen LogP contribution >= 0.6 is 0 Å². The van der Waals surface area contributed by atoms with Gasteiger partial charge in [0.1, 0.15) is 5.75 Å². The number of anilines is 1. The molecule has 2 heterocycles. The van der Waals surface area contributed by atoms with Gasteiger partial charge in [-0.3, -0.25) is 15.6 Å². The van der Waals surface area contributed by atoms with Crippen LogP contribution < -0.4 is 20.5 Å². The molecular formula is C20H32N4O2. The summed E-state index contributed by atoms with van der Waals surface area (Å²) < 4.78 is 5.55. The maximum Gasteiger partial charge on any atom is 0.228 e. The van der Waals surface area contributed by atoms with E-state index in [1.54, 1.807) is 7.11 Å². The zero-order chi connectivity index (χ0) is 18.7. The molecule has 0 saturated carbocycles. The van der Waals surface area contributed by atoms with Gasteiger partial charge in [-0.2, -0.15) is 0 Å². The first-order chi connectivity index (χ1) is 12.5. The number of ether oxygens (including phenoxy) is 1. The number of nitrogens with one attached hydrogen (secondary N) is 2. The van der Waals surface area contributed by atoms with Crippen LogP contribution in [0.25, 0.3) is 0 Å². The van der Waals surface area contributed by atoms with Crippen molar-refractivity contribution in [2.24, 2.45) is 5.92 Å². The quantitative estimate of drug-likeness (QED) is 0.841. The summed E-state index contributed by atoms with van der Waals surface area (Å²) >= 11 is 0. The lowest BCUT2D eigenvalue weighted by molar-refractivity contribution is -0.137. The van der Waals surface area contributed by atoms with E-state index >= 15 is 0 Å². The standard InChI is InChI=1S/C20H32N4O2/c1-5-8-16-15(13-21-22-16)19(25)23-11-12-24(20(2,3)14-23)17-9-6-7-10-18(17)26-4/h6-7,9-10,15-16,21-22H,5,8,11-14H2,1-4H3. The third-order valence-corrected chi connectivity index (χ3v) is 5.60. The van der Waals surface area contributed by atoms with E-state index in [0.29, 0.717) is 0 Å². The first kappa shape index (κ1) is 19.0. The van der Waals surface area contributed by atoms with Crippen LogP contribution in [0.5, 0.6) is 5.75 Å². The lowest BCUT2D eigenvalue weighted by Crippen LogP contribution is -2.62. The molecule has 1 aromatic carbocycles. The van der Waals surface area contributed by atoms with Crippen molar-refractivity contribution in [3.05, 3.63) is 24.3 Å². The van der Waals surface area contributed by atoms with Crippen LogP contribution in [0.2, 0.25) is 0 Å². The van der Waals surface area contributed by atoms with Crippen LogP contribution in [-0.2, 0) is 4.79 Å². The molecule has 0 aliphatic carbocycles. The molecule has 0 bridgehead atoms. The van der Waals surface area contributed by atoms with Crippen LogP contribution in [0.4, 0.5) is 5.69 Å². The molecule has 2 N–H and O–H groups in total. The zero-order valence-electron chi connectivity index (χ0n) is 16.4. The fourth-order valence-corrected chi connectivity index (χ4v) is 4.26. The minimum atomic E-state index is -0.151. The molecular weight excluding hydrogens is 328 g/mol. The highest BCUT2D eigenvalue weighted by atomic mass is 16.5. The fourth-order valence-electron chi connectivity index (χ4n) is 4.26. The summed E-state index contributed by atoms with van der Waals surface area (Å²) in [5.41, 5.74) is 7.39. The van der Waals surface area contributed by atoms with E-state index in [0.717, 1.165) is 50.5 Å². The number of hydrogen-bond acceptors (Lipinski definition) is 5. The number of carbonyl (C=O) groups is 1. The Balaban J connectivity index is 1.73. The molecule has 2 fully saturated rings. The summed E-state index contributed by atoms with van der Waals surface area (Å²) in [6, 6.07) is 8.36. The van der Waals surface area contributed by atoms with Gasteiger partial charge in [-0.25, -0.2) is 0 Å². The number of benzene rings is 1. The van der Waals surface area contributed by atoms with E-state index in [2.05, 4.69) is 42.6 Å². The second-order valence-corrected chi connectivity index (χ2v) is 7.92. The number of piperazine rings is 1. The molecule has 0 spiro atoms. The van der Waals surface area contributed by atoms with Crippen LogP contribution in [0.15, 0.2) is 24.3 Å². The number of hydrazine groups is 1. The van der Waals surface area contributed by atoms with Crippen molar-refractivity contribution in [1.29, 1.82) is 0 Å². The highest BCUT2D eigenvalue weighted by Gasteiger charge is 2.41. The molecule has 0 aromatic heterocycles. The van der Waals surface area contributed by atoms with E-state index in [-0.39, 0.29) is 23.4 Å². The van der Waals surface area contributed by atoms with Gasteiger partial charge in [-0.05, 0) is 32.4 Å². The Kier molecular flexibility index (Phi) is 5.73. The molecule has 26 heavy (non-hydrogen) atoms. The van der Waals surface area contributed by atoms with Gasteiger partial charge in [0.25, 0.3) is 0 Å². The molecule has 6 nitrogen and oxygen atoms in total. The van der Waals surface area contributed by atoms with Gasteiger partial charge in [-0.15, -0.1) is 0 Å². The Labute approximate surface area is 156 Å². The molecule has 0 radical (unpaired) electrons. The van der Waals surface area contributed by atoms with E-state index < -0.39 is 0 Å². The van der Waals surface area contributed by atoms with Crippen LogP contribution in [0.3, 0.4) is 0 Å². The number of carbonyl (C=O) groups excluding carboxylic acids is 1. The van der Waals surface area contributed by atoms with Gasteiger partial charge in [0.05, 0.1) is 24.3 Å². The normalized spacial score (nSPS) is 25.4. The number of para-hydroxylation sites is 2. The van der Waals surface area contributed by atoms with Gasteiger partial charge >= 0.3 is 0 Å². The zero-order valence-corrected chi connectivity index (χ0v) is 16.4. The van der Waals surface area contributed by atoms with E-state index in [4.69, 9.17) is 4.74 Å². The average molecular weight is 361 g/mol. The highest BCUT2D eigenvalue weighted by Crippen LogP contribution is 2.35. The molecule has 6 heteroatoms. The van der Waals surface area contributed by atoms with Gasteiger partial charge < -0.3 is 14.5 Å². The summed E-state index contributed by atoms with van der Waals surface area (Å²) in [4.78, 5) is 17.6. The number of nitrogens with zero attached hydrogens (tertiary/aromatic N) is 2. The van der Waals surface area contributed by atoms with Crippen LogP contribution in [-0.4, -0.2) is 55.7 Å². The molecule has 1 aromatic rings. The third kappa shape index (κ3) is 3.67. The second kappa shape index (κ2) is 7.84. The largest absolute Gasteiger partial charge is 0.495 e. The van der Waals surface area contributed by atoms with E-state index in [1.807, 2.05) is 23.1 Å². The van der Waals surface area contributed by atoms with Crippen molar-refractivity contribution in [3.8, 4) is 5.75 Å². The third-order valence-electron chi connectivity index (χ3n) is 5.60. The Morgan fingerprint density at radius 3 is 2.77 bits per heavy atom. The Morgan fingerprint density at radius 2 is 2.08 bits per heavy atom. The lowest BCUT2D eigenvalue weighted by Gasteiger charge is -2.49. The molecule has 2 saturated heterocycles. The number of hydrogen-bond donors (Lipinski definition) is 2. The van der Waals surface area contributed by atoms with E-state index in [9.17, 15) is 4.79 Å². The van der Waals surface area contributed by atoms with Gasteiger partial charge in [0, 0.05) is 32.2 Å². The van der Waals surface area contributed by atoms with Crippen molar-refractivity contribution in [2.45, 2.75) is 45.2 Å². The van der Waals surface area contributed by atoms with Crippen molar-refractivity contribution in [3.63, 3.8) is 0 Å². The monoisotopic (exact) mass is 360 g/mol. The summed E-state index contributed by atoms with van der Waals surface area (Å²) in [5.74, 6) is 1.19. The van der Waals surface area contributed by atoms with Gasteiger partial charge in [-0.1, -0.05) is 25.5 Å². The highest BCUT2D eigenvalue weighted by molar-refractivity contribution is 5.81. The summed E-state index contributed by atoms with van der Waals surface area (Å²) in [6.45, 7) is 9.56. The molecule has 2 aliphatic rings. The van der Waals surface area contributed by atoms with Crippen molar-refractivity contribution >= 4 is 11.6 Å². The minimum absolute atomic E-state index is 0.0311. The van der Waals surface area contributed by atoms with Gasteiger partial charge in [0.2, 0.25) is 5.91 Å². The minimum Gasteiger partial charge on any atom is -0.495 e.